The maximum atomic E-state index is 13.4. The fraction of sp³-hybridized carbons (Fsp3) is 0.200. The molecule has 4 heterocycles. The van der Waals surface area contributed by atoms with Crippen molar-refractivity contribution in [3.05, 3.63) is 57.8 Å². The van der Waals surface area contributed by atoms with E-state index in [1.54, 1.807) is 34.5 Å². The summed E-state index contributed by atoms with van der Waals surface area (Å²) >= 11 is 6.42. The molecule has 0 saturated heterocycles. The number of ether oxygens (including phenoxy) is 1. The van der Waals surface area contributed by atoms with Gasteiger partial charge in [-0.05, 0) is 31.2 Å². The van der Waals surface area contributed by atoms with Gasteiger partial charge < -0.3 is 18.2 Å². The number of aryl methyl sites for hydroxylation is 1. The molecule has 0 saturated carbocycles. The van der Waals surface area contributed by atoms with Gasteiger partial charge in [-0.1, -0.05) is 22.8 Å². The van der Waals surface area contributed by atoms with Crippen LogP contribution < -0.4 is 5.56 Å². The van der Waals surface area contributed by atoms with Crippen LogP contribution in [0.15, 0.2) is 50.4 Å². The number of halogens is 1. The van der Waals surface area contributed by atoms with E-state index in [0.717, 1.165) is 11.3 Å². The first-order valence-electron chi connectivity index (χ1n) is 9.16. The number of imidazole rings is 1. The van der Waals surface area contributed by atoms with E-state index in [4.69, 9.17) is 25.3 Å². The van der Waals surface area contributed by atoms with Crippen LogP contribution in [0.1, 0.15) is 5.76 Å². The number of fused-ring (bicyclic) bond motifs is 3. The molecule has 9 nitrogen and oxygen atoms in total. The Morgan fingerprint density at radius 1 is 1.20 bits per heavy atom. The molecule has 5 aromatic rings. The SMILES string of the molecule is COCCn1c(=O)c2c(-c3nc(-c4ccc(C)o4)no3)ncn2c2cccc(Cl)c21. The summed E-state index contributed by atoms with van der Waals surface area (Å²) in [5, 5.41) is 4.43. The Bertz CT molecular complexity index is 1440. The Balaban J connectivity index is 1.75. The van der Waals surface area contributed by atoms with Crippen LogP contribution in [0.4, 0.5) is 0 Å². The molecule has 4 aromatic heterocycles. The molecule has 0 aliphatic heterocycles. The Hall–Kier alpha value is -3.43. The number of hydrogen-bond donors (Lipinski definition) is 0. The second kappa shape index (κ2) is 7.12. The van der Waals surface area contributed by atoms with Crippen molar-refractivity contribution in [3.63, 3.8) is 0 Å². The quantitative estimate of drug-likeness (QED) is 0.424. The van der Waals surface area contributed by atoms with Gasteiger partial charge in [0.15, 0.2) is 11.5 Å². The van der Waals surface area contributed by atoms with Crippen LogP contribution in [0.25, 0.3) is 39.7 Å². The summed E-state index contributed by atoms with van der Waals surface area (Å²) in [5.74, 6) is 1.61. The third-order valence-electron chi connectivity index (χ3n) is 4.82. The first-order valence-corrected chi connectivity index (χ1v) is 9.54. The smallest absolute Gasteiger partial charge is 0.279 e. The molecule has 152 valence electrons. The molecule has 0 N–H and O–H groups in total. The monoisotopic (exact) mass is 425 g/mol. The summed E-state index contributed by atoms with van der Waals surface area (Å²) in [6.45, 7) is 2.51. The topological polar surface area (TPSA) is 101 Å². The van der Waals surface area contributed by atoms with E-state index in [-0.39, 0.29) is 23.0 Å². The van der Waals surface area contributed by atoms with Gasteiger partial charge in [-0.2, -0.15) is 4.98 Å². The van der Waals surface area contributed by atoms with Crippen LogP contribution in [0.2, 0.25) is 5.02 Å². The van der Waals surface area contributed by atoms with Gasteiger partial charge in [-0.3, -0.25) is 9.20 Å². The van der Waals surface area contributed by atoms with Crippen molar-refractivity contribution in [2.75, 3.05) is 13.7 Å². The lowest BCUT2D eigenvalue weighted by molar-refractivity contribution is 0.187. The van der Waals surface area contributed by atoms with Gasteiger partial charge in [0.05, 0.1) is 22.7 Å². The van der Waals surface area contributed by atoms with Crippen LogP contribution in [0, 0.1) is 6.92 Å². The summed E-state index contributed by atoms with van der Waals surface area (Å²) in [5.41, 5.74) is 1.65. The van der Waals surface area contributed by atoms with Crippen molar-refractivity contribution in [1.29, 1.82) is 0 Å². The van der Waals surface area contributed by atoms with E-state index in [1.807, 2.05) is 25.1 Å². The molecule has 0 bridgehead atoms. The highest BCUT2D eigenvalue weighted by atomic mass is 35.5. The van der Waals surface area contributed by atoms with E-state index < -0.39 is 0 Å². The zero-order chi connectivity index (χ0) is 20.8. The molecule has 0 amide bonds. The molecule has 0 radical (unpaired) electrons. The molecule has 0 spiro atoms. The average molecular weight is 426 g/mol. The van der Waals surface area contributed by atoms with Crippen molar-refractivity contribution < 1.29 is 13.7 Å². The molecule has 1 aromatic carbocycles. The van der Waals surface area contributed by atoms with Crippen LogP contribution in [0.3, 0.4) is 0 Å². The third kappa shape index (κ3) is 2.82. The van der Waals surface area contributed by atoms with E-state index in [0.29, 0.717) is 35.0 Å². The van der Waals surface area contributed by atoms with Gasteiger partial charge in [0, 0.05) is 13.7 Å². The minimum atomic E-state index is -0.284. The van der Waals surface area contributed by atoms with Crippen molar-refractivity contribution in [2.24, 2.45) is 0 Å². The lowest BCUT2D eigenvalue weighted by Gasteiger charge is -2.13. The number of rotatable bonds is 5. The van der Waals surface area contributed by atoms with Crippen molar-refractivity contribution >= 4 is 28.2 Å². The number of hydrogen-bond acceptors (Lipinski definition) is 7. The molecule has 10 heteroatoms. The Kier molecular flexibility index (Phi) is 4.41. The highest BCUT2D eigenvalue weighted by Crippen LogP contribution is 2.28. The fourth-order valence-corrected chi connectivity index (χ4v) is 3.73. The minimum Gasteiger partial charge on any atom is -0.458 e. The predicted octanol–water partition coefficient (Wildman–Crippen LogP) is 3.57. The van der Waals surface area contributed by atoms with Gasteiger partial charge in [-0.15, -0.1) is 0 Å². The van der Waals surface area contributed by atoms with Gasteiger partial charge >= 0.3 is 0 Å². The first kappa shape index (κ1) is 18.6. The van der Waals surface area contributed by atoms with Crippen LogP contribution in [0.5, 0.6) is 0 Å². The molecule has 0 aliphatic carbocycles. The summed E-state index contributed by atoms with van der Waals surface area (Å²) < 4.78 is 19.4. The molecule has 5 rings (SSSR count). The molecule has 0 unspecified atom stereocenters. The van der Waals surface area contributed by atoms with Gasteiger partial charge in [0.1, 0.15) is 17.6 Å². The number of nitrogens with zero attached hydrogens (tertiary/aromatic N) is 5. The number of aromatic nitrogens is 5. The normalized spacial score (nSPS) is 11.7. The highest BCUT2D eigenvalue weighted by molar-refractivity contribution is 6.35. The molecular weight excluding hydrogens is 410 g/mol. The predicted molar refractivity (Wildman–Crippen MR) is 110 cm³/mol. The molecule has 0 fully saturated rings. The van der Waals surface area contributed by atoms with Crippen molar-refractivity contribution in [1.82, 2.24) is 24.1 Å². The van der Waals surface area contributed by atoms with E-state index >= 15 is 0 Å². The lowest BCUT2D eigenvalue weighted by Crippen LogP contribution is -2.25. The standard InChI is InChI=1S/C20H16ClN5O4/c1-11-6-7-14(29-11)18-23-19(30-24-18)15-17-20(27)25(8-9-28-2)16-12(21)4-3-5-13(16)26(17)10-22-15/h3-7,10H,8-9H2,1-2H3. The van der Waals surface area contributed by atoms with Crippen molar-refractivity contribution in [2.45, 2.75) is 13.5 Å². The first-order chi connectivity index (χ1) is 14.6. The summed E-state index contributed by atoms with van der Waals surface area (Å²) in [7, 11) is 1.58. The van der Waals surface area contributed by atoms with Crippen LogP contribution in [-0.4, -0.2) is 37.8 Å². The number of methoxy groups -OCH3 is 1. The largest absolute Gasteiger partial charge is 0.458 e. The fourth-order valence-electron chi connectivity index (χ4n) is 3.46. The second-order valence-electron chi connectivity index (χ2n) is 6.70. The maximum Gasteiger partial charge on any atom is 0.279 e. The molecule has 0 atom stereocenters. The third-order valence-corrected chi connectivity index (χ3v) is 5.12. The van der Waals surface area contributed by atoms with E-state index in [9.17, 15) is 4.79 Å². The number of benzene rings is 1. The molecule has 0 aliphatic rings. The average Bonchev–Trinajstić information content (AvgIpc) is 3.47. The van der Waals surface area contributed by atoms with E-state index in [2.05, 4.69) is 15.1 Å². The summed E-state index contributed by atoms with van der Waals surface area (Å²) in [6, 6.07) is 8.99. The number of para-hydroxylation sites is 1. The van der Waals surface area contributed by atoms with Crippen LogP contribution >= 0.6 is 11.6 Å². The summed E-state index contributed by atoms with van der Waals surface area (Å²) in [6.07, 6.45) is 1.55. The zero-order valence-electron chi connectivity index (χ0n) is 16.1. The summed E-state index contributed by atoms with van der Waals surface area (Å²) in [4.78, 5) is 22.2. The Labute approximate surface area is 174 Å². The molecule has 30 heavy (non-hydrogen) atoms. The Morgan fingerprint density at radius 2 is 2.07 bits per heavy atom. The van der Waals surface area contributed by atoms with Gasteiger partial charge in [0.25, 0.3) is 11.4 Å². The second-order valence-corrected chi connectivity index (χ2v) is 7.11. The Morgan fingerprint density at radius 3 is 2.83 bits per heavy atom. The molecular formula is C20H16ClN5O4. The number of furan rings is 1. The highest BCUT2D eigenvalue weighted by Gasteiger charge is 2.22. The maximum absolute atomic E-state index is 13.4. The van der Waals surface area contributed by atoms with E-state index in [1.165, 1.54) is 0 Å². The van der Waals surface area contributed by atoms with Gasteiger partial charge in [0.2, 0.25) is 5.82 Å². The van der Waals surface area contributed by atoms with Crippen molar-refractivity contribution in [3.8, 4) is 23.2 Å². The lowest BCUT2D eigenvalue weighted by atomic mass is 10.2. The minimum absolute atomic E-state index is 0.123. The van der Waals surface area contributed by atoms with Gasteiger partial charge in [-0.25, -0.2) is 4.98 Å². The van der Waals surface area contributed by atoms with Crippen LogP contribution in [-0.2, 0) is 11.3 Å². The zero-order valence-corrected chi connectivity index (χ0v) is 16.9.